The molecule has 0 bridgehead atoms. The summed E-state index contributed by atoms with van der Waals surface area (Å²) >= 11 is 4.15. The summed E-state index contributed by atoms with van der Waals surface area (Å²) in [6.07, 6.45) is 1.27. The van der Waals surface area contributed by atoms with Crippen LogP contribution in [0.5, 0.6) is 0 Å². The van der Waals surface area contributed by atoms with Crippen LogP contribution in [0.2, 0.25) is 0 Å². The molecule has 0 spiro atoms. The zero-order valence-electron chi connectivity index (χ0n) is 14.2. The van der Waals surface area contributed by atoms with E-state index in [1.165, 1.54) is 23.3 Å². The maximum atomic E-state index is 2.31. The molecule has 1 unspecified atom stereocenters. The molecule has 0 amide bonds. The molecule has 124 valence electrons. The van der Waals surface area contributed by atoms with Crippen molar-refractivity contribution in [2.45, 2.75) is 23.2 Å². The lowest BCUT2D eigenvalue weighted by Crippen LogP contribution is -2.24. The lowest BCUT2D eigenvalue weighted by Gasteiger charge is -2.20. The van der Waals surface area contributed by atoms with Gasteiger partial charge in [0.1, 0.15) is 0 Å². The monoisotopic (exact) mass is 345 g/mol. The standard InChI is InChI=1S/C20H27NS2/c1-21(2)15-20(23-17-19-11-7-4-8-12-19)13-14-22-16-18-9-5-3-6-10-18/h3-12,20H,13-17H2,1-2H3. The molecule has 0 aliphatic heterocycles. The zero-order valence-corrected chi connectivity index (χ0v) is 15.8. The van der Waals surface area contributed by atoms with Gasteiger partial charge in [-0.25, -0.2) is 0 Å². The van der Waals surface area contributed by atoms with Gasteiger partial charge in [-0.3, -0.25) is 0 Å². The summed E-state index contributed by atoms with van der Waals surface area (Å²) < 4.78 is 0. The van der Waals surface area contributed by atoms with Crippen LogP contribution in [0.3, 0.4) is 0 Å². The highest BCUT2D eigenvalue weighted by Crippen LogP contribution is 2.23. The second-order valence-electron chi connectivity index (χ2n) is 6.01. The Balaban J connectivity index is 1.72. The minimum Gasteiger partial charge on any atom is -0.308 e. The minimum absolute atomic E-state index is 0.702. The van der Waals surface area contributed by atoms with Crippen molar-refractivity contribution >= 4 is 23.5 Å². The van der Waals surface area contributed by atoms with Gasteiger partial charge in [0.25, 0.3) is 0 Å². The zero-order chi connectivity index (χ0) is 16.3. The summed E-state index contributed by atoms with van der Waals surface area (Å²) in [7, 11) is 4.35. The first-order chi connectivity index (χ1) is 11.2. The summed E-state index contributed by atoms with van der Waals surface area (Å²) in [5.41, 5.74) is 2.86. The summed E-state index contributed by atoms with van der Waals surface area (Å²) in [6.45, 7) is 1.16. The summed E-state index contributed by atoms with van der Waals surface area (Å²) in [5, 5.41) is 0.702. The van der Waals surface area contributed by atoms with E-state index in [4.69, 9.17) is 0 Å². The van der Waals surface area contributed by atoms with E-state index in [1.54, 1.807) is 0 Å². The van der Waals surface area contributed by atoms with Gasteiger partial charge in [0.2, 0.25) is 0 Å². The molecule has 0 aliphatic rings. The van der Waals surface area contributed by atoms with E-state index < -0.39 is 0 Å². The molecule has 1 atom stereocenters. The normalized spacial score (nSPS) is 12.5. The molecule has 23 heavy (non-hydrogen) atoms. The van der Waals surface area contributed by atoms with Gasteiger partial charge in [-0.1, -0.05) is 60.7 Å². The second kappa shape index (κ2) is 10.8. The molecular formula is C20H27NS2. The van der Waals surface area contributed by atoms with Crippen LogP contribution in [0, 0.1) is 0 Å². The van der Waals surface area contributed by atoms with Crippen LogP contribution in [0.4, 0.5) is 0 Å². The lowest BCUT2D eigenvalue weighted by molar-refractivity contribution is 0.404. The maximum absolute atomic E-state index is 2.31. The minimum atomic E-state index is 0.702. The van der Waals surface area contributed by atoms with Gasteiger partial charge in [0, 0.05) is 23.3 Å². The largest absolute Gasteiger partial charge is 0.308 e. The Morgan fingerprint density at radius 3 is 1.96 bits per heavy atom. The predicted molar refractivity (Wildman–Crippen MR) is 107 cm³/mol. The highest BCUT2D eigenvalue weighted by Gasteiger charge is 2.11. The molecule has 0 saturated heterocycles. The highest BCUT2D eigenvalue weighted by atomic mass is 32.2. The fraction of sp³-hybridized carbons (Fsp3) is 0.400. The molecule has 3 heteroatoms. The number of rotatable bonds is 10. The topological polar surface area (TPSA) is 3.24 Å². The van der Waals surface area contributed by atoms with Crippen molar-refractivity contribution in [1.82, 2.24) is 4.90 Å². The van der Waals surface area contributed by atoms with Crippen molar-refractivity contribution < 1.29 is 0 Å². The summed E-state index contributed by atoms with van der Waals surface area (Å²) in [6, 6.07) is 21.6. The van der Waals surface area contributed by atoms with Crippen LogP contribution < -0.4 is 0 Å². The molecule has 2 rings (SSSR count). The molecule has 1 nitrogen and oxygen atoms in total. The summed E-state index contributed by atoms with van der Waals surface area (Å²) in [4.78, 5) is 2.31. The fourth-order valence-corrected chi connectivity index (χ4v) is 4.88. The Morgan fingerprint density at radius 1 is 0.826 bits per heavy atom. The highest BCUT2D eigenvalue weighted by molar-refractivity contribution is 7.99. The van der Waals surface area contributed by atoms with Crippen LogP contribution in [-0.4, -0.2) is 36.5 Å². The third-order valence-corrected chi connectivity index (χ3v) is 6.01. The number of hydrogen-bond acceptors (Lipinski definition) is 3. The number of hydrogen-bond donors (Lipinski definition) is 0. The van der Waals surface area contributed by atoms with Gasteiger partial charge < -0.3 is 4.90 Å². The predicted octanol–water partition coefficient (Wildman–Crippen LogP) is 5.17. The van der Waals surface area contributed by atoms with Gasteiger partial charge in [-0.05, 0) is 37.4 Å². The molecule has 0 aromatic heterocycles. The first-order valence-electron chi connectivity index (χ1n) is 8.16. The second-order valence-corrected chi connectivity index (χ2v) is 8.40. The Bertz CT molecular complexity index is 528. The van der Waals surface area contributed by atoms with Crippen LogP contribution in [-0.2, 0) is 11.5 Å². The molecule has 0 aliphatic carbocycles. The summed E-state index contributed by atoms with van der Waals surface area (Å²) in [5.74, 6) is 3.47. The molecular weight excluding hydrogens is 318 g/mol. The third-order valence-electron chi connectivity index (χ3n) is 3.59. The first kappa shape index (κ1) is 18.4. The molecule has 0 N–H and O–H groups in total. The average Bonchev–Trinajstić information content (AvgIpc) is 2.58. The van der Waals surface area contributed by atoms with Crippen molar-refractivity contribution in [3.63, 3.8) is 0 Å². The number of thioether (sulfide) groups is 2. The van der Waals surface area contributed by atoms with Gasteiger partial charge >= 0.3 is 0 Å². The van der Waals surface area contributed by atoms with Crippen molar-refractivity contribution in [2.75, 3.05) is 26.4 Å². The number of benzene rings is 2. The molecule has 0 saturated carbocycles. The smallest absolute Gasteiger partial charge is 0.0187 e. The molecule has 2 aromatic carbocycles. The maximum Gasteiger partial charge on any atom is 0.0187 e. The van der Waals surface area contributed by atoms with Crippen molar-refractivity contribution in [3.8, 4) is 0 Å². The van der Waals surface area contributed by atoms with E-state index in [1.807, 2.05) is 0 Å². The average molecular weight is 346 g/mol. The van der Waals surface area contributed by atoms with Crippen LogP contribution in [0.25, 0.3) is 0 Å². The SMILES string of the molecule is CN(C)CC(CCSCc1ccccc1)SCc1ccccc1. The fourth-order valence-electron chi connectivity index (χ4n) is 2.40. The van der Waals surface area contributed by atoms with Gasteiger partial charge in [0.15, 0.2) is 0 Å². The van der Waals surface area contributed by atoms with E-state index in [0.29, 0.717) is 5.25 Å². The number of nitrogens with zero attached hydrogens (tertiary/aromatic N) is 1. The molecule has 0 radical (unpaired) electrons. The first-order valence-corrected chi connectivity index (χ1v) is 10.4. The van der Waals surface area contributed by atoms with Crippen LogP contribution >= 0.6 is 23.5 Å². The Morgan fingerprint density at radius 2 is 1.39 bits per heavy atom. The van der Waals surface area contributed by atoms with E-state index in [2.05, 4.69) is 103 Å². The molecule has 0 fully saturated rings. The molecule has 0 heterocycles. The van der Waals surface area contributed by atoms with Gasteiger partial charge in [-0.2, -0.15) is 23.5 Å². The van der Waals surface area contributed by atoms with Crippen molar-refractivity contribution in [1.29, 1.82) is 0 Å². The van der Waals surface area contributed by atoms with Gasteiger partial charge in [-0.15, -0.1) is 0 Å². The lowest BCUT2D eigenvalue weighted by atomic mass is 10.2. The Kier molecular flexibility index (Phi) is 8.66. The van der Waals surface area contributed by atoms with Crippen LogP contribution in [0.1, 0.15) is 17.5 Å². The Labute approximate surface area is 149 Å². The van der Waals surface area contributed by atoms with E-state index in [0.717, 1.165) is 18.1 Å². The quantitative estimate of drug-likeness (QED) is 0.547. The van der Waals surface area contributed by atoms with Crippen molar-refractivity contribution in [3.05, 3.63) is 71.8 Å². The van der Waals surface area contributed by atoms with Crippen LogP contribution in [0.15, 0.2) is 60.7 Å². The van der Waals surface area contributed by atoms with E-state index in [9.17, 15) is 0 Å². The Hall–Kier alpha value is -0.900. The van der Waals surface area contributed by atoms with Gasteiger partial charge in [0.05, 0.1) is 0 Å². The van der Waals surface area contributed by atoms with E-state index >= 15 is 0 Å². The molecule has 2 aromatic rings. The third kappa shape index (κ3) is 7.96. The van der Waals surface area contributed by atoms with Crippen molar-refractivity contribution in [2.24, 2.45) is 0 Å². The van der Waals surface area contributed by atoms with E-state index in [-0.39, 0.29) is 0 Å².